The lowest BCUT2D eigenvalue weighted by molar-refractivity contribution is -0.0229. The number of pyridine rings is 1. The van der Waals surface area contributed by atoms with Crippen molar-refractivity contribution in [3.05, 3.63) is 21.9 Å². The molecule has 1 aliphatic rings. The molecule has 1 saturated heterocycles. The van der Waals surface area contributed by atoms with Crippen LogP contribution >= 0.6 is 27.5 Å². The Hall–Kier alpha value is -0.0951. The van der Waals surface area contributed by atoms with Crippen molar-refractivity contribution in [1.82, 2.24) is 4.98 Å². The normalized spacial score (nSPS) is 23.8. The van der Waals surface area contributed by atoms with Crippen LogP contribution < -0.4 is 5.46 Å². The molecule has 0 spiro atoms. The highest BCUT2D eigenvalue weighted by Crippen LogP contribution is 2.26. The highest BCUT2D eigenvalue weighted by molar-refractivity contribution is 9.10. The van der Waals surface area contributed by atoms with Gasteiger partial charge in [-0.15, -0.1) is 0 Å². The molecule has 3 nitrogen and oxygen atoms in total. The van der Waals surface area contributed by atoms with Crippen LogP contribution in [0, 0.1) is 0 Å². The van der Waals surface area contributed by atoms with Crippen molar-refractivity contribution in [2.24, 2.45) is 0 Å². The van der Waals surface area contributed by atoms with E-state index in [1.807, 2.05) is 13.0 Å². The van der Waals surface area contributed by atoms with Gasteiger partial charge in [-0.3, -0.25) is 0 Å². The molecule has 1 aliphatic heterocycles. The largest absolute Gasteiger partial charge is 0.497 e. The number of halogens is 2. The number of aromatic nitrogens is 1. The van der Waals surface area contributed by atoms with Crippen LogP contribution in [0.1, 0.15) is 27.2 Å². The van der Waals surface area contributed by atoms with Crippen LogP contribution in [0.5, 0.6) is 0 Å². The third-order valence-corrected chi connectivity index (χ3v) is 3.40. The van der Waals surface area contributed by atoms with Gasteiger partial charge >= 0.3 is 7.12 Å². The second-order valence-electron chi connectivity index (χ2n) is 4.89. The van der Waals surface area contributed by atoms with Crippen LogP contribution in [0.2, 0.25) is 5.15 Å². The second kappa shape index (κ2) is 4.88. The van der Waals surface area contributed by atoms with Crippen LogP contribution in [0.4, 0.5) is 0 Å². The monoisotopic (exact) mass is 317 g/mol. The van der Waals surface area contributed by atoms with Crippen molar-refractivity contribution in [3.63, 3.8) is 0 Å². The van der Waals surface area contributed by atoms with E-state index in [-0.39, 0.29) is 11.7 Å². The number of hydrogen-bond acceptors (Lipinski definition) is 3. The van der Waals surface area contributed by atoms with Crippen LogP contribution in [-0.2, 0) is 9.31 Å². The van der Waals surface area contributed by atoms with E-state index in [4.69, 9.17) is 20.9 Å². The first kappa shape index (κ1) is 13.3. The smallest absolute Gasteiger partial charge is 0.405 e. The Morgan fingerprint density at radius 2 is 2.29 bits per heavy atom. The Labute approximate surface area is 115 Å². The molecule has 0 saturated carbocycles. The maximum absolute atomic E-state index is 6.08. The van der Waals surface area contributed by atoms with Crippen LogP contribution in [0.3, 0.4) is 0 Å². The van der Waals surface area contributed by atoms with Crippen molar-refractivity contribution in [1.29, 1.82) is 0 Å². The van der Waals surface area contributed by atoms with Crippen LogP contribution in [-0.4, -0.2) is 23.8 Å². The summed E-state index contributed by atoms with van der Waals surface area (Å²) in [6.45, 7) is 6.15. The van der Waals surface area contributed by atoms with Gasteiger partial charge in [0.25, 0.3) is 0 Å². The standard InChI is InChI=1S/C11H14BBrClNO2/c1-7-5-11(2,3)17-12(16-7)9-4-8(13)6-15-10(9)14/h4,6-7H,5H2,1-3H3/t7-/m1/s1. The van der Waals surface area contributed by atoms with Crippen LogP contribution in [0.15, 0.2) is 16.7 Å². The van der Waals surface area contributed by atoms with E-state index in [1.165, 1.54) is 0 Å². The number of hydrogen-bond donors (Lipinski definition) is 0. The van der Waals surface area contributed by atoms with Crippen molar-refractivity contribution in [2.45, 2.75) is 38.9 Å². The molecule has 2 heterocycles. The molecule has 1 aromatic rings. The Morgan fingerprint density at radius 1 is 1.59 bits per heavy atom. The van der Waals surface area contributed by atoms with Gasteiger partial charge in [0.05, 0.1) is 5.60 Å². The van der Waals surface area contributed by atoms with E-state index < -0.39 is 7.12 Å². The van der Waals surface area contributed by atoms with E-state index in [0.717, 1.165) is 16.4 Å². The molecule has 0 aromatic carbocycles. The minimum atomic E-state index is -0.453. The van der Waals surface area contributed by atoms with Crippen LogP contribution in [0.25, 0.3) is 0 Å². The van der Waals surface area contributed by atoms with Crippen molar-refractivity contribution in [3.8, 4) is 0 Å². The van der Waals surface area contributed by atoms with Crippen molar-refractivity contribution < 1.29 is 9.31 Å². The summed E-state index contributed by atoms with van der Waals surface area (Å²) in [4.78, 5) is 4.09. The summed E-state index contributed by atoms with van der Waals surface area (Å²) in [5.41, 5.74) is 0.550. The Kier molecular flexibility index (Phi) is 3.83. The molecule has 0 amide bonds. The molecule has 0 bridgehead atoms. The van der Waals surface area contributed by atoms with Gasteiger partial charge in [-0.1, -0.05) is 11.6 Å². The van der Waals surface area contributed by atoms with Gasteiger partial charge in [0.1, 0.15) is 5.15 Å². The maximum Gasteiger partial charge on any atom is 0.497 e. The fourth-order valence-corrected chi connectivity index (χ4v) is 2.60. The highest BCUT2D eigenvalue weighted by Gasteiger charge is 2.39. The molecule has 1 atom stereocenters. The van der Waals surface area contributed by atoms with E-state index in [1.54, 1.807) is 6.20 Å². The zero-order valence-electron chi connectivity index (χ0n) is 10.0. The molecule has 2 rings (SSSR count). The van der Waals surface area contributed by atoms with Gasteiger partial charge in [0.2, 0.25) is 0 Å². The first-order chi connectivity index (χ1) is 7.87. The summed E-state index contributed by atoms with van der Waals surface area (Å²) < 4.78 is 12.5. The molecule has 0 N–H and O–H groups in total. The van der Waals surface area contributed by atoms with Crippen molar-refractivity contribution >= 4 is 40.1 Å². The molecule has 92 valence electrons. The molecular formula is C11H14BBrClNO2. The summed E-state index contributed by atoms with van der Waals surface area (Å²) in [7, 11) is -0.453. The first-order valence-electron chi connectivity index (χ1n) is 5.51. The van der Waals surface area contributed by atoms with Gasteiger partial charge in [-0.05, 0) is 49.2 Å². The summed E-state index contributed by atoms with van der Waals surface area (Å²) in [6.07, 6.45) is 2.66. The quantitative estimate of drug-likeness (QED) is 0.589. The zero-order valence-corrected chi connectivity index (χ0v) is 12.4. The number of rotatable bonds is 1. The maximum atomic E-state index is 6.08. The Balaban J connectivity index is 2.30. The summed E-state index contributed by atoms with van der Waals surface area (Å²) in [5.74, 6) is 0. The predicted octanol–water partition coefficient (Wildman–Crippen LogP) is 2.80. The molecule has 6 heteroatoms. The summed E-state index contributed by atoms with van der Waals surface area (Å²) in [6, 6.07) is 1.88. The second-order valence-corrected chi connectivity index (χ2v) is 6.17. The summed E-state index contributed by atoms with van der Waals surface area (Å²) >= 11 is 9.45. The van der Waals surface area contributed by atoms with Gasteiger partial charge in [-0.25, -0.2) is 4.98 Å². The lowest BCUT2D eigenvalue weighted by atomic mass is 9.76. The molecule has 17 heavy (non-hydrogen) atoms. The molecule has 0 unspecified atom stereocenters. The average Bonchev–Trinajstić information content (AvgIpc) is 2.18. The minimum Gasteiger partial charge on any atom is -0.405 e. The van der Waals surface area contributed by atoms with Crippen molar-refractivity contribution in [2.75, 3.05) is 0 Å². The fourth-order valence-electron chi connectivity index (χ4n) is 2.06. The van der Waals surface area contributed by atoms with Gasteiger partial charge in [0, 0.05) is 22.2 Å². The SMILES string of the molecule is C[C@@H]1CC(C)(C)OB(c2cc(Br)cnc2Cl)O1. The van der Waals surface area contributed by atoms with E-state index >= 15 is 0 Å². The third-order valence-electron chi connectivity index (χ3n) is 2.65. The van der Waals surface area contributed by atoms with E-state index in [0.29, 0.717) is 5.15 Å². The number of nitrogens with zero attached hydrogens (tertiary/aromatic N) is 1. The lowest BCUT2D eigenvalue weighted by Gasteiger charge is -2.38. The minimum absolute atomic E-state index is 0.138. The highest BCUT2D eigenvalue weighted by atomic mass is 79.9. The van der Waals surface area contributed by atoms with E-state index in [9.17, 15) is 0 Å². The van der Waals surface area contributed by atoms with Gasteiger partial charge < -0.3 is 9.31 Å². The van der Waals surface area contributed by atoms with Gasteiger partial charge in [-0.2, -0.15) is 0 Å². The fraction of sp³-hybridized carbons (Fsp3) is 0.545. The topological polar surface area (TPSA) is 31.4 Å². The zero-order chi connectivity index (χ0) is 12.6. The summed E-state index contributed by atoms with van der Waals surface area (Å²) in [5, 5.41) is 0.420. The lowest BCUT2D eigenvalue weighted by Crippen LogP contribution is -2.52. The molecule has 1 fully saturated rings. The Morgan fingerprint density at radius 3 is 2.94 bits per heavy atom. The molecule has 1 aromatic heterocycles. The molecule has 0 radical (unpaired) electrons. The Bertz CT molecular complexity index is 430. The predicted molar refractivity (Wildman–Crippen MR) is 72.7 cm³/mol. The van der Waals surface area contributed by atoms with Gasteiger partial charge in [0.15, 0.2) is 0 Å². The third kappa shape index (κ3) is 3.22. The molecule has 0 aliphatic carbocycles. The average molecular weight is 318 g/mol. The van der Waals surface area contributed by atoms with E-state index in [2.05, 4.69) is 34.8 Å². The first-order valence-corrected chi connectivity index (χ1v) is 6.69. The molecular weight excluding hydrogens is 304 g/mol.